The molecule has 0 spiro atoms. The first kappa shape index (κ1) is 27.9. The number of carbonyl (C=O) groups excluding carboxylic acids is 2. The van der Waals surface area contributed by atoms with Crippen LogP contribution in [0.15, 0.2) is 60.8 Å². The van der Waals surface area contributed by atoms with Gasteiger partial charge in [-0.15, -0.1) is 0 Å². The maximum atomic E-state index is 13.2. The minimum absolute atomic E-state index is 0.0783. The van der Waals surface area contributed by atoms with Crippen molar-refractivity contribution in [2.24, 2.45) is 5.92 Å². The fourth-order valence-electron chi connectivity index (χ4n) is 5.49. The van der Waals surface area contributed by atoms with Crippen LogP contribution in [-0.2, 0) is 11.3 Å². The van der Waals surface area contributed by atoms with E-state index in [1.807, 2.05) is 84.2 Å². The molecule has 7 nitrogen and oxygen atoms in total. The van der Waals surface area contributed by atoms with Gasteiger partial charge in [0.25, 0.3) is 11.8 Å². The summed E-state index contributed by atoms with van der Waals surface area (Å²) in [5.41, 5.74) is 6.48. The van der Waals surface area contributed by atoms with Gasteiger partial charge in [0, 0.05) is 61.0 Å². The number of hydrogen-bond donors (Lipinski definition) is 1. The van der Waals surface area contributed by atoms with Gasteiger partial charge in [0.05, 0.1) is 12.1 Å². The molecule has 2 heterocycles. The topological polar surface area (TPSA) is 76.5 Å². The Hall–Kier alpha value is -3.68. The van der Waals surface area contributed by atoms with Crippen LogP contribution in [0, 0.1) is 19.8 Å². The zero-order valence-electron chi connectivity index (χ0n) is 23.2. The first-order valence-corrected chi connectivity index (χ1v) is 14.1. The third-order valence-corrected chi connectivity index (χ3v) is 8.06. The van der Waals surface area contributed by atoms with Crippen molar-refractivity contribution >= 4 is 34.3 Å². The van der Waals surface area contributed by atoms with Crippen LogP contribution in [0.2, 0.25) is 5.02 Å². The number of nitrogens with zero attached hydrogens (tertiary/aromatic N) is 3. The molecule has 1 saturated heterocycles. The number of ether oxygens (including phenoxy) is 1. The van der Waals surface area contributed by atoms with Crippen LogP contribution in [0.4, 0.5) is 0 Å². The Morgan fingerprint density at radius 1 is 1.05 bits per heavy atom. The summed E-state index contributed by atoms with van der Waals surface area (Å²) in [5.74, 6) is 0.413. The van der Waals surface area contributed by atoms with Gasteiger partial charge in [-0.1, -0.05) is 29.8 Å². The Labute approximate surface area is 240 Å². The molecule has 0 atom stereocenters. The van der Waals surface area contributed by atoms with Gasteiger partial charge in [-0.3, -0.25) is 14.3 Å². The van der Waals surface area contributed by atoms with E-state index in [4.69, 9.17) is 21.4 Å². The number of benzene rings is 3. The van der Waals surface area contributed by atoms with E-state index in [-0.39, 0.29) is 11.8 Å². The minimum atomic E-state index is -0.101. The van der Waals surface area contributed by atoms with E-state index < -0.39 is 0 Å². The molecule has 1 aliphatic rings. The monoisotopic (exact) mass is 558 g/mol. The van der Waals surface area contributed by atoms with Crippen LogP contribution in [0.5, 0.6) is 0 Å². The first-order chi connectivity index (χ1) is 19.3. The summed E-state index contributed by atoms with van der Waals surface area (Å²) in [7, 11) is 1.61. The van der Waals surface area contributed by atoms with Crippen molar-refractivity contribution in [3.8, 4) is 11.1 Å². The lowest BCUT2D eigenvalue weighted by Gasteiger charge is -2.32. The van der Waals surface area contributed by atoms with Crippen molar-refractivity contribution in [3.05, 3.63) is 88.1 Å². The number of methoxy groups -OCH3 is 1. The van der Waals surface area contributed by atoms with Crippen LogP contribution in [-0.4, -0.2) is 59.8 Å². The normalized spacial score (nSPS) is 14.1. The predicted molar refractivity (Wildman–Crippen MR) is 159 cm³/mol. The van der Waals surface area contributed by atoms with E-state index in [0.29, 0.717) is 30.2 Å². The fraction of sp³-hybridized carbons (Fsp3) is 0.344. The smallest absolute Gasteiger partial charge is 0.253 e. The average molecular weight is 559 g/mol. The van der Waals surface area contributed by atoms with Gasteiger partial charge in [-0.2, -0.15) is 5.10 Å². The van der Waals surface area contributed by atoms with Crippen molar-refractivity contribution in [1.82, 2.24) is 20.0 Å². The van der Waals surface area contributed by atoms with E-state index in [0.717, 1.165) is 70.7 Å². The number of amides is 2. The zero-order chi connectivity index (χ0) is 28.2. The Kier molecular flexibility index (Phi) is 8.52. The van der Waals surface area contributed by atoms with E-state index >= 15 is 0 Å². The average Bonchev–Trinajstić information content (AvgIpc) is 3.37. The Morgan fingerprint density at radius 2 is 1.80 bits per heavy atom. The number of aromatic nitrogens is 2. The second-order valence-corrected chi connectivity index (χ2v) is 11.0. The number of piperidine rings is 1. The van der Waals surface area contributed by atoms with Gasteiger partial charge in [0.2, 0.25) is 0 Å². The second-order valence-electron chi connectivity index (χ2n) is 10.5. The Bertz CT molecular complexity index is 1520. The molecule has 0 radical (unpaired) electrons. The fourth-order valence-corrected chi connectivity index (χ4v) is 5.72. The number of halogens is 1. The third kappa shape index (κ3) is 6.06. The molecule has 1 fully saturated rings. The molecule has 1 N–H and O–H groups in total. The van der Waals surface area contributed by atoms with Gasteiger partial charge >= 0.3 is 0 Å². The highest BCUT2D eigenvalue weighted by molar-refractivity contribution is 6.30. The van der Waals surface area contributed by atoms with Crippen LogP contribution in [0.1, 0.15) is 44.7 Å². The molecule has 0 saturated carbocycles. The zero-order valence-corrected chi connectivity index (χ0v) is 24.0. The van der Waals surface area contributed by atoms with E-state index in [2.05, 4.69) is 5.32 Å². The molecular weight excluding hydrogens is 524 g/mol. The third-order valence-electron chi connectivity index (χ3n) is 7.82. The number of aryl methyl sites for hydroxylation is 2. The van der Waals surface area contributed by atoms with Crippen molar-refractivity contribution in [1.29, 1.82) is 0 Å². The Morgan fingerprint density at radius 3 is 2.50 bits per heavy atom. The van der Waals surface area contributed by atoms with Crippen molar-refractivity contribution in [2.75, 3.05) is 33.4 Å². The van der Waals surface area contributed by atoms with Gasteiger partial charge in [-0.05, 0) is 91.3 Å². The van der Waals surface area contributed by atoms with Gasteiger partial charge < -0.3 is 15.0 Å². The maximum Gasteiger partial charge on any atom is 0.253 e. The molecule has 3 aromatic carbocycles. The van der Waals surface area contributed by atoms with E-state index in [1.54, 1.807) is 7.11 Å². The molecule has 4 aromatic rings. The van der Waals surface area contributed by atoms with E-state index in [1.165, 1.54) is 0 Å². The summed E-state index contributed by atoms with van der Waals surface area (Å²) in [6, 6.07) is 17.5. The van der Waals surface area contributed by atoms with Crippen LogP contribution >= 0.6 is 11.6 Å². The molecule has 1 aliphatic heterocycles. The lowest BCUT2D eigenvalue weighted by Crippen LogP contribution is -2.39. The molecule has 0 aliphatic carbocycles. The largest absolute Gasteiger partial charge is 0.383 e. The SMILES string of the molecule is COCCNC(=O)c1ccc2nn(CC3CCN(C(=O)c4ccc(-c5ccc(Cl)cc5C)cc4)CC3)cc2c1C. The van der Waals surface area contributed by atoms with Gasteiger partial charge in [-0.25, -0.2) is 0 Å². The molecule has 208 valence electrons. The molecular formula is C32H35ClN4O3. The van der Waals surface area contributed by atoms with E-state index in [9.17, 15) is 9.59 Å². The summed E-state index contributed by atoms with van der Waals surface area (Å²) >= 11 is 6.10. The van der Waals surface area contributed by atoms with Crippen molar-refractivity contribution in [2.45, 2.75) is 33.2 Å². The molecule has 5 rings (SSSR count). The number of fused-ring (bicyclic) bond motifs is 1. The maximum absolute atomic E-state index is 13.2. The lowest BCUT2D eigenvalue weighted by molar-refractivity contribution is 0.0681. The summed E-state index contributed by atoms with van der Waals surface area (Å²) in [4.78, 5) is 27.7. The molecule has 1 aromatic heterocycles. The van der Waals surface area contributed by atoms with Crippen LogP contribution in [0.25, 0.3) is 22.0 Å². The highest BCUT2D eigenvalue weighted by Gasteiger charge is 2.24. The van der Waals surface area contributed by atoms with Gasteiger partial charge in [0.15, 0.2) is 0 Å². The molecule has 0 bridgehead atoms. The molecule has 2 amide bonds. The quantitative estimate of drug-likeness (QED) is 0.273. The summed E-state index contributed by atoms with van der Waals surface area (Å²) < 4.78 is 7.01. The molecule has 0 unspecified atom stereocenters. The van der Waals surface area contributed by atoms with Crippen LogP contribution < -0.4 is 5.32 Å². The van der Waals surface area contributed by atoms with Crippen molar-refractivity contribution < 1.29 is 14.3 Å². The first-order valence-electron chi connectivity index (χ1n) is 13.7. The van der Waals surface area contributed by atoms with Crippen LogP contribution in [0.3, 0.4) is 0 Å². The van der Waals surface area contributed by atoms with Crippen molar-refractivity contribution in [3.63, 3.8) is 0 Å². The highest BCUT2D eigenvalue weighted by atomic mass is 35.5. The Balaban J connectivity index is 1.18. The van der Waals surface area contributed by atoms with Gasteiger partial charge in [0.1, 0.15) is 0 Å². The summed E-state index contributed by atoms with van der Waals surface area (Å²) in [5, 5.41) is 9.37. The molecule has 40 heavy (non-hydrogen) atoms. The number of hydrogen-bond acceptors (Lipinski definition) is 4. The minimum Gasteiger partial charge on any atom is -0.383 e. The summed E-state index contributed by atoms with van der Waals surface area (Å²) in [6.07, 6.45) is 3.89. The molecule has 8 heteroatoms. The second kappa shape index (κ2) is 12.2. The lowest BCUT2D eigenvalue weighted by atomic mass is 9.95. The summed E-state index contributed by atoms with van der Waals surface area (Å²) in [6.45, 7) is 7.21. The number of likely N-dealkylation sites (tertiary alicyclic amines) is 1. The predicted octanol–water partition coefficient (Wildman–Crippen LogP) is 5.90. The number of rotatable bonds is 8. The number of nitrogens with one attached hydrogen (secondary N) is 1. The standard InChI is InChI=1S/C32H35ClN4O3/c1-21-18-26(33)8-9-27(21)24-4-6-25(7-5-24)32(39)36-15-12-23(13-16-36)19-37-20-29-22(2)28(10-11-30(29)35-37)31(38)34-14-17-40-3/h4-11,18,20,23H,12-17,19H2,1-3H3,(H,34,38). The highest BCUT2D eigenvalue weighted by Crippen LogP contribution is 2.28. The number of carbonyl (C=O) groups is 2.